The number of nitrogens with zero attached hydrogens (tertiary/aromatic N) is 1. The monoisotopic (exact) mass is 353 g/mol. The van der Waals surface area contributed by atoms with E-state index in [1.807, 2.05) is 0 Å². The minimum atomic E-state index is -3.61. The molecular weight excluding hydrogens is 329 g/mol. The van der Waals surface area contributed by atoms with Crippen LogP contribution in [0, 0.1) is 0 Å². The van der Waals surface area contributed by atoms with Crippen LogP contribution in [-0.2, 0) is 23.8 Å². The summed E-state index contributed by atoms with van der Waals surface area (Å²) in [5.41, 5.74) is 0. The summed E-state index contributed by atoms with van der Waals surface area (Å²) in [7, 11) is -3.61. The maximum atomic E-state index is 12.0. The molecule has 23 heavy (non-hydrogen) atoms. The van der Waals surface area contributed by atoms with Crippen molar-refractivity contribution in [1.82, 2.24) is 4.90 Å². The molecule has 0 aliphatic carbocycles. The van der Waals surface area contributed by atoms with Gasteiger partial charge in [-0.2, -0.15) is 8.42 Å². The van der Waals surface area contributed by atoms with Gasteiger partial charge in [-0.05, 0) is 19.3 Å². The van der Waals surface area contributed by atoms with Crippen LogP contribution in [0.1, 0.15) is 19.3 Å². The second-order valence-corrected chi connectivity index (χ2v) is 6.90. The number of ether oxygens (including phenoxy) is 2. The van der Waals surface area contributed by atoms with Crippen molar-refractivity contribution in [2.24, 2.45) is 0 Å². The van der Waals surface area contributed by atoms with Gasteiger partial charge < -0.3 is 14.4 Å². The fourth-order valence-corrected chi connectivity index (χ4v) is 2.94. The highest BCUT2D eigenvalue weighted by Crippen LogP contribution is 2.23. The van der Waals surface area contributed by atoms with E-state index in [1.165, 1.54) is 11.0 Å². The van der Waals surface area contributed by atoms with Crippen LogP contribution in [0.5, 0.6) is 0 Å². The molecule has 1 aliphatic rings. The molecule has 1 amide bonds. The molecule has 0 spiro atoms. The number of alkyl halides is 1. The summed E-state index contributed by atoms with van der Waals surface area (Å²) in [6, 6.07) is -0.343. The van der Waals surface area contributed by atoms with Crippen molar-refractivity contribution in [2.75, 3.05) is 39.3 Å². The lowest BCUT2D eigenvalue weighted by atomic mass is 10.2. The second kappa shape index (κ2) is 9.84. The topological polar surface area (TPSA) is 82.1 Å². The Morgan fingerprint density at radius 2 is 2.17 bits per heavy atom. The van der Waals surface area contributed by atoms with Crippen LogP contribution in [0.3, 0.4) is 0 Å². The zero-order valence-corrected chi connectivity index (χ0v) is 14.1. The molecule has 1 aliphatic heterocycles. The third-order valence-electron chi connectivity index (χ3n) is 3.23. The SMILES string of the molecule is C=CCOC(=O)N1C[C@H](OS(C)(=O)=O)C[C@H]1COCCCCF. The van der Waals surface area contributed by atoms with Gasteiger partial charge >= 0.3 is 6.09 Å². The van der Waals surface area contributed by atoms with E-state index in [9.17, 15) is 17.6 Å². The van der Waals surface area contributed by atoms with Gasteiger partial charge in [0.05, 0.1) is 38.2 Å². The standard InChI is InChI=1S/C14H24FNO6S/c1-3-7-21-14(17)16-10-13(22-23(2,18)19)9-12(16)11-20-8-5-4-6-15/h3,12-13H,1,4-11H2,2H3/t12-,13+/m0/s1. The molecule has 1 fully saturated rings. The molecule has 0 bridgehead atoms. The average Bonchev–Trinajstić information content (AvgIpc) is 2.85. The van der Waals surface area contributed by atoms with E-state index in [0.29, 0.717) is 25.9 Å². The second-order valence-electron chi connectivity index (χ2n) is 5.30. The van der Waals surface area contributed by atoms with Crippen molar-refractivity contribution >= 4 is 16.2 Å². The van der Waals surface area contributed by atoms with Gasteiger partial charge in [0.15, 0.2) is 0 Å². The number of hydrogen-bond donors (Lipinski definition) is 0. The summed E-state index contributed by atoms with van der Waals surface area (Å²) in [6.07, 6.45) is 2.57. The quantitative estimate of drug-likeness (QED) is 0.336. The first-order valence-electron chi connectivity index (χ1n) is 7.43. The van der Waals surface area contributed by atoms with Gasteiger partial charge in [-0.3, -0.25) is 8.57 Å². The molecule has 0 aromatic rings. The molecule has 1 saturated heterocycles. The number of halogens is 1. The Kier molecular flexibility index (Phi) is 8.49. The molecule has 2 atom stereocenters. The fourth-order valence-electron chi connectivity index (χ4n) is 2.30. The number of carbonyl (C=O) groups is 1. The first-order valence-corrected chi connectivity index (χ1v) is 9.25. The lowest BCUT2D eigenvalue weighted by Crippen LogP contribution is -2.39. The van der Waals surface area contributed by atoms with Gasteiger partial charge in [0, 0.05) is 6.61 Å². The van der Waals surface area contributed by atoms with Gasteiger partial charge in [0.1, 0.15) is 6.61 Å². The molecule has 0 saturated carbocycles. The highest BCUT2D eigenvalue weighted by molar-refractivity contribution is 7.86. The van der Waals surface area contributed by atoms with E-state index in [2.05, 4.69) is 6.58 Å². The van der Waals surface area contributed by atoms with Crippen LogP contribution in [0.15, 0.2) is 12.7 Å². The average molecular weight is 353 g/mol. The van der Waals surface area contributed by atoms with Crippen LogP contribution < -0.4 is 0 Å². The number of unbranched alkanes of at least 4 members (excludes halogenated alkanes) is 1. The maximum Gasteiger partial charge on any atom is 0.410 e. The summed E-state index contributed by atoms with van der Waals surface area (Å²) in [5.74, 6) is 0. The number of likely N-dealkylation sites (tertiary alicyclic amines) is 1. The molecule has 1 heterocycles. The number of amides is 1. The van der Waals surface area contributed by atoms with Crippen LogP contribution in [0.2, 0.25) is 0 Å². The van der Waals surface area contributed by atoms with Gasteiger partial charge in [-0.1, -0.05) is 12.7 Å². The van der Waals surface area contributed by atoms with Gasteiger partial charge in [-0.25, -0.2) is 4.79 Å². The minimum absolute atomic E-state index is 0.0665. The van der Waals surface area contributed by atoms with Gasteiger partial charge in [0.25, 0.3) is 10.1 Å². The zero-order valence-electron chi connectivity index (χ0n) is 13.3. The summed E-state index contributed by atoms with van der Waals surface area (Å²) in [4.78, 5) is 13.4. The van der Waals surface area contributed by atoms with Crippen molar-refractivity contribution in [3.63, 3.8) is 0 Å². The Balaban J connectivity index is 2.57. The Morgan fingerprint density at radius 1 is 1.43 bits per heavy atom. The lowest BCUT2D eigenvalue weighted by Gasteiger charge is -2.23. The molecule has 134 valence electrons. The van der Waals surface area contributed by atoms with Gasteiger partial charge in [0.2, 0.25) is 0 Å². The van der Waals surface area contributed by atoms with Crippen molar-refractivity contribution in [3.8, 4) is 0 Å². The normalized spacial score (nSPS) is 21.4. The Bertz CT molecular complexity index is 484. The molecule has 0 aromatic carbocycles. The van der Waals surface area contributed by atoms with E-state index >= 15 is 0 Å². The Morgan fingerprint density at radius 3 is 2.78 bits per heavy atom. The number of hydrogen-bond acceptors (Lipinski definition) is 6. The Hall–Kier alpha value is -1.19. The Labute approximate surface area is 136 Å². The van der Waals surface area contributed by atoms with Crippen molar-refractivity contribution in [2.45, 2.75) is 31.4 Å². The maximum absolute atomic E-state index is 12.0. The first-order chi connectivity index (χ1) is 10.9. The molecule has 0 radical (unpaired) electrons. The zero-order chi connectivity index (χ0) is 17.3. The molecule has 1 rings (SSSR count). The molecule has 0 N–H and O–H groups in total. The number of rotatable bonds is 10. The number of carbonyl (C=O) groups excluding carboxylic acids is 1. The summed E-state index contributed by atoms with van der Waals surface area (Å²) >= 11 is 0. The molecule has 9 heteroatoms. The molecule has 0 unspecified atom stereocenters. The van der Waals surface area contributed by atoms with Crippen LogP contribution >= 0.6 is 0 Å². The predicted octanol–water partition coefficient (Wildman–Crippen LogP) is 1.49. The van der Waals surface area contributed by atoms with Crippen molar-refractivity contribution in [3.05, 3.63) is 12.7 Å². The van der Waals surface area contributed by atoms with Gasteiger partial charge in [-0.15, -0.1) is 0 Å². The summed E-state index contributed by atoms with van der Waals surface area (Å²) in [5, 5.41) is 0. The molecular formula is C14H24FNO6S. The van der Waals surface area contributed by atoms with Crippen LogP contribution in [-0.4, -0.2) is 70.9 Å². The third-order valence-corrected chi connectivity index (χ3v) is 3.85. The molecule has 0 aromatic heterocycles. The summed E-state index contributed by atoms with van der Waals surface area (Å²) in [6.45, 7) is 3.86. The smallest absolute Gasteiger partial charge is 0.410 e. The lowest BCUT2D eigenvalue weighted by molar-refractivity contribution is 0.0601. The van der Waals surface area contributed by atoms with Crippen molar-refractivity contribution < 1.29 is 31.3 Å². The van der Waals surface area contributed by atoms with Crippen LogP contribution in [0.4, 0.5) is 9.18 Å². The van der Waals surface area contributed by atoms with Crippen LogP contribution in [0.25, 0.3) is 0 Å². The summed E-state index contributed by atoms with van der Waals surface area (Å²) < 4.78 is 49.9. The van der Waals surface area contributed by atoms with E-state index in [0.717, 1.165) is 6.26 Å². The van der Waals surface area contributed by atoms with E-state index in [1.54, 1.807) is 0 Å². The van der Waals surface area contributed by atoms with E-state index in [4.69, 9.17) is 13.7 Å². The predicted molar refractivity (Wildman–Crippen MR) is 82.4 cm³/mol. The largest absolute Gasteiger partial charge is 0.445 e. The highest BCUT2D eigenvalue weighted by atomic mass is 32.2. The van der Waals surface area contributed by atoms with Crippen molar-refractivity contribution in [1.29, 1.82) is 0 Å². The van der Waals surface area contributed by atoms with E-state index in [-0.39, 0.29) is 25.8 Å². The first kappa shape index (κ1) is 19.9. The fraction of sp³-hybridized carbons (Fsp3) is 0.786. The third kappa shape index (κ3) is 7.76. The minimum Gasteiger partial charge on any atom is -0.445 e. The van der Waals surface area contributed by atoms with E-state index < -0.39 is 29.0 Å². The molecule has 7 nitrogen and oxygen atoms in total. The highest BCUT2D eigenvalue weighted by Gasteiger charge is 2.38.